The molecular weight excluding hydrogens is 480 g/mol. The number of hydrogen-bond donors (Lipinski definition) is 1. The van der Waals surface area contributed by atoms with Crippen molar-refractivity contribution in [2.45, 2.75) is 19.4 Å². The van der Waals surface area contributed by atoms with Crippen LogP contribution < -0.4 is 10.2 Å². The molecule has 2 aromatic heterocycles. The summed E-state index contributed by atoms with van der Waals surface area (Å²) in [5.41, 5.74) is 1.43. The van der Waals surface area contributed by atoms with Gasteiger partial charge in [0.25, 0.3) is 6.43 Å². The van der Waals surface area contributed by atoms with Gasteiger partial charge in [-0.3, -0.25) is 4.99 Å². The first-order valence-corrected chi connectivity index (χ1v) is 10.8. The second-order valence-electron chi connectivity index (χ2n) is 7.74. The second kappa shape index (κ2) is 9.68. The van der Waals surface area contributed by atoms with Crippen LogP contribution in [0.3, 0.4) is 0 Å². The van der Waals surface area contributed by atoms with Gasteiger partial charge in [-0.25, -0.2) is 18.6 Å². The third-order valence-corrected chi connectivity index (χ3v) is 5.76. The normalized spacial score (nSPS) is 18.1. The monoisotopic (exact) mass is 499 g/mol. The highest BCUT2D eigenvalue weighted by atomic mass is 35.5. The SMILES string of the molecule is C=CN=C1C=C(Cl)C=C/C1=C\c1c(C)nc2c(C#N)c(C(F)F)nn2c1N1CC(NC(=O)OC)C1. The number of anilines is 1. The number of aromatic nitrogens is 3. The van der Waals surface area contributed by atoms with E-state index < -0.39 is 18.2 Å². The minimum atomic E-state index is -2.95. The Morgan fingerprint density at radius 3 is 2.83 bits per heavy atom. The zero-order valence-corrected chi connectivity index (χ0v) is 19.6. The molecule has 1 aliphatic heterocycles. The molecule has 1 fully saturated rings. The number of ether oxygens (including phenoxy) is 1. The van der Waals surface area contributed by atoms with E-state index in [-0.39, 0.29) is 17.3 Å². The number of aliphatic imine (C=N–C) groups is 1. The Labute approximate surface area is 204 Å². The summed E-state index contributed by atoms with van der Waals surface area (Å²) in [7, 11) is 1.27. The predicted molar refractivity (Wildman–Crippen MR) is 128 cm³/mol. The van der Waals surface area contributed by atoms with E-state index in [4.69, 9.17) is 11.6 Å². The molecule has 4 rings (SSSR count). The van der Waals surface area contributed by atoms with Crippen molar-refractivity contribution in [2.24, 2.45) is 4.99 Å². The summed E-state index contributed by atoms with van der Waals surface area (Å²) in [5, 5.41) is 16.8. The van der Waals surface area contributed by atoms with Crippen molar-refractivity contribution < 1.29 is 18.3 Å². The Bertz CT molecular complexity index is 1380. The molecule has 1 saturated heterocycles. The van der Waals surface area contributed by atoms with Gasteiger partial charge in [0.2, 0.25) is 0 Å². The lowest BCUT2D eigenvalue weighted by atomic mass is 10.00. The lowest BCUT2D eigenvalue weighted by Crippen LogP contribution is -2.60. The Kier molecular flexibility index (Phi) is 6.66. The highest BCUT2D eigenvalue weighted by Gasteiger charge is 2.34. The van der Waals surface area contributed by atoms with Crippen LogP contribution in [0, 0.1) is 18.3 Å². The van der Waals surface area contributed by atoms with Crippen LogP contribution in [-0.2, 0) is 4.74 Å². The fourth-order valence-electron chi connectivity index (χ4n) is 3.88. The van der Waals surface area contributed by atoms with Crippen molar-refractivity contribution in [3.8, 4) is 6.07 Å². The molecule has 2 aliphatic rings. The largest absolute Gasteiger partial charge is 0.453 e. The summed E-state index contributed by atoms with van der Waals surface area (Å²) in [4.78, 5) is 22.1. The molecule has 0 bridgehead atoms. The molecule has 1 N–H and O–H groups in total. The first kappa shape index (κ1) is 24.1. The minimum absolute atomic E-state index is 0.0314. The highest BCUT2D eigenvalue weighted by molar-refractivity contribution is 6.35. The number of rotatable bonds is 5. The first-order valence-electron chi connectivity index (χ1n) is 10.4. The maximum Gasteiger partial charge on any atom is 0.407 e. The number of fused-ring (bicyclic) bond motifs is 1. The smallest absolute Gasteiger partial charge is 0.407 e. The molecule has 0 unspecified atom stereocenters. The van der Waals surface area contributed by atoms with E-state index in [1.165, 1.54) is 17.8 Å². The number of nitriles is 1. The van der Waals surface area contributed by atoms with Gasteiger partial charge in [-0.2, -0.15) is 14.9 Å². The Morgan fingerprint density at radius 1 is 1.46 bits per heavy atom. The molecule has 0 saturated carbocycles. The fraction of sp³-hybridized carbons (Fsp3) is 0.261. The van der Waals surface area contributed by atoms with E-state index in [0.29, 0.717) is 46.5 Å². The van der Waals surface area contributed by atoms with Crippen LogP contribution >= 0.6 is 11.6 Å². The number of carbonyl (C=O) groups excluding carboxylic acids is 1. The van der Waals surface area contributed by atoms with E-state index in [2.05, 4.69) is 31.7 Å². The van der Waals surface area contributed by atoms with Crippen molar-refractivity contribution in [1.29, 1.82) is 5.26 Å². The zero-order valence-electron chi connectivity index (χ0n) is 18.8. The van der Waals surface area contributed by atoms with Crippen LogP contribution in [0.4, 0.5) is 19.4 Å². The van der Waals surface area contributed by atoms with E-state index in [0.717, 1.165) is 0 Å². The van der Waals surface area contributed by atoms with Crippen molar-refractivity contribution in [1.82, 2.24) is 19.9 Å². The third kappa shape index (κ3) is 4.52. The molecule has 2 aromatic rings. The molecule has 180 valence electrons. The summed E-state index contributed by atoms with van der Waals surface area (Å²) >= 11 is 6.12. The summed E-state index contributed by atoms with van der Waals surface area (Å²) < 4.78 is 33.3. The first-order chi connectivity index (χ1) is 16.8. The van der Waals surface area contributed by atoms with Crippen molar-refractivity contribution in [3.05, 3.63) is 64.1 Å². The van der Waals surface area contributed by atoms with Crippen LogP contribution in [0.2, 0.25) is 0 Å². The van der Waals surface area contributed by atoms with Gasteiger partial charge in [0.1, 0.15) is 23.1 Å². The van der Waals surface area contributed by atoms with Crippen molar-refractivity contribution >= 4 is 40.9 Å². The molecule has 1 amide bonds. The van der Waals surface area contributed by atoms with E-state index in [1.807, 2.05) is 4.90 Å². The third-order valence-electron chi connectivity index (χ3n) is 5.52. The number of alkyl carbamates (subject to hydrolysis) is 1. The van der Waals surface area contributed by atoms with Gasteiger partial charge in [0.15, 0.2) is 5.65 Å². The van der Waals surface area contributed by atoms with E-state index in [1.54, 1.807) is 37.3 Å². The fourth-order valence-corrected chi connectivity index (χ4v) is 4.04. The average molecular weight is 500 g/mol. The molecular formula is C23H20ClF2N7O2. The van der Waals surface area contributed by atoms with E-state index in [9.17, 15) is 18.8 Å². The van der Waals surface area contributed by atoms with Crippen molar-refractivity contribution in [2.75, 3.05) is 25.1 Å². The second-order valence-corrected chi connectivity index (χ2v) is 8.18. The lowest BCUT2D eigenvalue weighted by molar-refractivity contribution is 0.145. The minimum Gasteiger partial charge on any atom is -0.453 e. The summed E-state index contributed by atoms with van der Waals surface area (Å²) in [6.07, 6.45) is 4.81. The lowest BCUT2D eigenvalue weighted by Gasteiger charge is -2.41. The average Bonchev–Trinajstić information content (AvgIpc) is 3.16. The van der Waals surface area contributed by atoms with Crippen LogP contribution in [0.15, 0.2) is 46.6 Å². The topological polar surface area (TPSA) is 108 Å². The predicted octanol–water partition coefficient (Wildman–Crippen LogP) is 4.05. The summed E-state index contributed by atoms with van der Waals surface area (Å²) in [5.74, 6) is 0.457. The standard InChI is InChI=1S/C23H20ClF2N7O2/c1-4-28-18-8-14(24)6-5-13(18)7-16-12(2)29-21-17(9-27)19(20(25)26)31-33(21)22(16)32-10-15(11-32)30-23(34)35-3/h4-8,15,20H,1,10-11H2,2-3H3,(H,30,34)/b13-7+,28-18?. The number of aryl methyl sites for hydroxylation is 1. The van der Waals surface area contributed by atoms with Crippen molar-refractivity contribution in [3.63, 3.8) is 0 Å². The maximum atomic E-state index is 13.7. The molecule has 12 heteroatoms. The molecule has 3 heterocycles. The van der Waals surface area contributed by atoms with Gasteiger partial charge >= 0.3 is 6.09 Å². The molecule has 0 spiro atoms. The summed E-state index contributed by atoms with van der Waals surface area (Å²) in [6, 6.07) is 1.58. The zero-order chi connectivity index (χ0) is 25.3. The van der Waals surface area contributed by atoms with Gasteiger partial charge < -0.3 is 15.0 Å². The Balaban J connectivity index is 1.90. The molecule has 1 aliphatic carbocycles. The van der Waals surface area contributed by atoms with Gasteiger partial charge in [-0.05, 0) is 25.2 Å². The molecule has 0 radical (unpaired) electrons. The van der Waals surface area contributed by atoms with Gasteiger partial charge in [-0.15, -0.1) is 0 Å². The quantitative estimate of drug-likeness (QED) is 0.665. The van der Waals surface area contributed by atoms with Crippen LogP contribution in [0.25, 0.3) is 11.7 Å². The van der Waals surface area contributed by atoms with Crippen LogP contribution in [0.5, 0.6) is 0 Å². The Morgan fingerprint density at radius 2 is 2.20 bits per heavy atom. The number of alkyl halides is 2. The maximum absolute atomic E-state index is 13.7. The molecule has 0 atom stereocenters. The number of nitrogens with one attached hydrogen (secondary N) is 1. The molecule has 0 aromatic carbocycles. The highest BCUT2D eigenvalue weighted by Crippen LogP contribution is 2.34. The van der Waals surface area contributed by atoms with Gasteiger partial charge in [-0.1, -0.05) is 24.3 Å². The van der Waals surface area contributed by atoms with Gasteiger partial charge in [0.05, 0.1) is 24.6 Å². The molecule has 9 nitrogen and oxygen atoms in total. The number of hydrogen-bond acceptors (Lipinski definition) is 7. The number of nitrogens with zero attached hydrogens (tertiary/aromatic N) is 6. The molecule has 35 heavy (non-hydrogen) atoms. The van der Waals surface area contributed by atoms with Crippen LogP contribution in [-0.4, -0.2) is 52.6 Å². The number of allylic oxidation sites excluding steroid dienone is 5. The van der Waals surface area contributed by atoms with Crippen LogP contribution in [0.1, 0.15) is 28.9 Å². The number of amides is 1. The summed E-state index contributed by atoms with van der Waals surface area (Å²) in [6.45, 7) is 6.08. The number of carbonyl (C=O) groups is 1. The number of methoxy groups -OCH3 is 1. The number of halogens is 3. The van der Waals surface area contributed by atoms with Gasteiger partial charge in [0, 0.05) is 35.5 Å². The van der Waals surface area contributed by atoms with E-state index >= 15 is 0 Å². The Hall–Kier alpha value is -4.04.